The third-order valence-corrected chi connectivity index (χ3v) is 4.49. The molecule has 2 aromatic heterocycles. The summed E-state index contributed by atoms with van der Waals surface area (Å²) in [5.74, 6) is -0.153. The number of nitrogens with zero attached hydrogens (tertiary/aromatic N) is 3. The molecule has 140 valence electrons. The van der Waals surface area contributed by atoms with E-state index in [9.17, 15) is 15.0 Å². The van der Waals surface area contributed by atoms with Crippen molar-refractivity contribution in [1.82, 2.24) is 14.8 Å². The van der Waals surface area contributed by atoms with E-state index in [1.165, 1.54) is 24.4 Å². The van der Waals surface area contributed by atoms with Gasteiger partial charge in [0, 0.05) is 5.56 Å². The van der Waals surface area contributed by atoms with E-state index in [1.807, 2.05) is 24.3 Å². The first-order valence-electron chi connectivity index (χ1n) is 8.57. The maximum absolute atomic E-state index is 11.8. The molecule has 0 unspecified atom stereocenters. The summed E-state index contributed by atoms with van der Waals surface area (Å²) in [6, 6.07) is 15.6. The molecule has 0 aliphatic carbocycles. The van der Waals surface area contributed by atoms with Crippen molar-refractivity contribution in [2.75, 3.05) is 7.11 Å². The van der Waals surface area contributed by atoms with Crippen molar-refractivity contribution in [2.45, 2.75) is 6.54 Å². The van der Waals surface area contributed by atoms with Gasteiger partial charge in [0.15, 0.2) is 5.65 Å². The van der Waals surface area contributed by atoms with E-state index < -0.39 is 5.97 Å². The van der Waals surface area contributed by atoms with Crippen LogP contribution in [0.2, 0.25) is 0 Å². The number of carboxylic acids is 1. The summed E-state index contributed by atoms with van der Waals surface area (Å²) >= 11 is 0. The van der Waals surface area contributed by atoms with Crippen molar-refractivity contribution in [1.29, 1.82) is 0 Å². The number of fused-ring (bicyclic) bond motifs is 1. The van der Waals surface area contributed by atoms with Crippen molar-refractivity contribution < 1.29 is 19.7 Å². The van der Waals surface area contributed by atoms with Crippen LogP contribution in [0, 0.1) is 0 Å². The van der Waals surface area contributed by atoms with E-state index in [2.05, 4.69) is 10.1 Å². The molecule has 2 heterocycles. The normalized spacial score (nSPS) is 10.9. The second-order valence-electron chi connectivity index (χ2n) is 6.29. The van der Waals surface area contributed by atoms with Gasteiger partial charge in [-0.2, -0.15) is 5.10 Å². The fraction of sp³-hybridized carbons (Fsp3) is 0.0952. The maximum atomic E-state index is 11.8. The van der Waals surface area contributed by atoms with Gasteiger partial charge in [0.25, 0.3) is 0 Å². The number of phenols is 1. The van der Waals surface area contributed by atoms with Gasteiger partial charge in [-0.1, -0.05) is 12.1 Å². The minimum absolute atomic E-state index is 0.132. The second kappa shape index (κ2) is 7.03. The second-order valence-corrected chi connectivity index (χ2v) is 6.29. The Morgan fingerprint density at radius 1 is 1.11 bits per heavy atom. The monoisotopic (exact) mass is 375 g/mol. The van der Waals surface area contributed by atoms with Gasteiger partial charge in [-0.15, -0.1) is 0 Å². The van der Waals surface area contributed by atoms with Gasteiger partial charge in [0.2, 0.25) is 0 Å². The van der Waals surface area contributed by atoms with Crippen molar-refractivity contribution in [3.05, 3.63) is 71.9 Å². The molecule has 0 spiro atoms. The smallest absolute Gasteiger partial charge is 0.336 e. The number of hydrogen-bond donors (Lipinski definition) is 2. The summed E-state index contributed by atoms with van der Waals surface area (Å²) in [5.41, 5.74) is 2.81. The number of methoxy groups -OCH3 is 1. The highest BCUT2D eigenvalue weighted by molar-refractivity contribution is 6.02. The molecule has 7 heteroatoms. The number of phenolic OH excluding ortho intramolecular Hbond substituents is 1. The molecule has 0 saturated heterocycles. The van der Waals surface area contributed by atoms with E-state index in [1.54, 1.807) is 23.9 Å². The van der Waals surface area contributed by atoms with Gasteiger partial charge in [0.1, 0.15) is 11.5 Å². The van der Waals surface area contributed by atoms with Crippen LogP contribution >= 0.6 is 0 Å². The maximum Gasteiger partial charge on any atom is 0.336 e. The Balaban J connectivity index is 1.81. The van der Waals surface area contributed by atoms with E-state index in [4.69, 9.17) is 4.74 Å². The lowest BCUT2D eigenvalue weighted by Crippen LogP contribution is -2.05. The number of hydrogen-bond acceptors (Lipinski definition) is 5. The Kier molecular flexibility index (Phi) is 4.41. The number of aromatic carboxylic acids is 1. The van der Waals surface area contributed by atoms with Gasteiger partial charge in [-0.05, 0) is 48.0 Å². The molecule has 0 radical (unpaired) electrons. The molecule has 28 heavy (non-hydrogen) atoms. The van der Waals surface area contributed by atoms with Crippen LogP contribution in [0.1, 0.15) is 15.9 Å². The van der Waals surface area contributed by atoms with Gasteiger partial charge < -0.3 is 14.9 Å². The number of rotatable bonds is 5. The Morgan fingerprint density at radius 2 is 1.82 bits per heavy atom. The topological polar surface area (TPSA) is 97.5 Å². The molecular weight excluding hydrogens is 358 g/mol. The molecule has 0 aliphatic rings. The van der Waals surface area contributed by atoms with Crippen LogP contribution in [0.5, 0.6) is 11.5 Å². The quantitative estimate of drug-likeness (QED) is 0.554. The molecule has 0 fully saturated rings. The Labute approximate surface area is 160 Å². The van der Waals surface area contributed by atoms with Crippen LogP contribution in [0.25, 0.3) is 22.3 Å². The van der Waals surface area contributed by atoms with Gasteiger partial charge in [-0.25, -0.2) is 14.5 Å². The zero-order chi connectivity index (χ0) is 19.7. The van der Waals surface area contributed by atoms with Crippen LogP contribution in [0.3, 0.4) is 0 Å². The molecule has 7 nitrogen and oxygen atoms in total. The molecule has 2 N–H and O–H groups in total. The number of carboxylic acid groups (broad SMARTS) is 1. The van der Waals surface area contributed by atoms with Crippen molar-refractivity contribution in [2.24, 2.45) is 0 Å². The van der Waals surface area contributed by atoms with Gasteiger partial charge >= 0.3 is 5.97 Å². The third-order valence-electron chi connectivity index (χ3n) is 4.49. The average molecular weight is 375 g/mol. The highest BCUT2D eigenvalue weighted by atomic mass is 16.5. The number of pyridine rings is 1. The standard InChI is InChI=1S/C21H17N3O4/c1-28-16-8-2-13(3-9-16)12-24-20-18(11-22-24)17(21(26)27)10-19(23-20)14-4-6-15(25)7-5-14/h2-11,25H,12H2,1H3,(H,26,27). The molecule has 0 amide bonds. The fourth-order valence-electron chi connectivity index (χ4n) is 3.02. The predicted molar refractivity (Wildman–Crippen MR) is 104 cm³/mol. The van der Waals surface area contributed by atoms with Gasteiger partial charge in [0.05, 0.1) is 36.5 Å². The lowest BCUT2D eigenvalue weighted by molar-refractivity contribution is 0.0699. The minimum atomic E-state index is -1.04. The third kappa shape index (κ3) is 3.25. The SMILES string of the molecule is COc1ccc(Cn2ncc3c(C(=O)O)cc(-c4ccc(O)cc4)nc32)cc1. The highest BCUT2D eigenvalue weighted by Gasteiger charge is 2.17. The van der Waals surface area contributed by atoms with E-state index in [0.29, 0.717) is 28.8 Å². The van der Waals surface area contributed by atoms with Crippen LogP contribution in [-0.4, -0.2) is 38.1 Å². The van der Waals surface area contributed by atoms with Crippen molar-refractivity contribution in [3.8, 4) is 22.8 Å². The summed E-state index contributed by atoms with van der Waals surface area (Å²) in [7, 11) is 1.61. The number of aromatic nitrogens is 3. The largest absolute Gasteiger partial charge is 0.508 e. The number of aromatic hydroxyl groups is 1. The summed E-state index contributed by atoms with van der Waals surface area (Å²) in [6.45, 7) is 0.443. The average Bonchev–Trinajstić information content (AvgIpc) is 3.11. The Hall–Kier alpha value is -3.87. The molecular formula is C21H17N3O4. The molecule has 2 aromatic carbocycles. The lowest BCUT2D eigenvalue weighted by atomic mass is 10.1. The van der Waals surface area contributed by atoms with Crippen LogP contribution in [0.15, 0.2) is 60.8 Å². The highest BCUT2D eigenvalue weighted by Crippen LogP contribution is 2.26. The predicted octanol–water partition coefficient (Wildman–Crippen LogP) is 3.56. The Bertz CT molecular complexity index is 1150. The number of benzene rings is 2. The lowest BCUT2D eigenvalue weighted by Gasteiger charge is -2.08. The molecule has 0 aliphatic heterocycles. The Morgan fingerprint density at radius 3 is 2.46 bits per heavy atom. The molecule has 4 rings (SSSR count). The number of carbonyl (C=O) groups is 1. The summed E-state index contributed by atoms with van der Waals surface area (Å²) in [4.78, 5) is 16.4. The van der Waals surface area contributed by atoms with E-state index >= 15 is 0 Å². The first-order valence-corrected chi connectivity index (χ1v) is 8.57. The van der Waals surface area contributed by atoms with Crippen molar-refractivity contribution >= 4 is 17.0 Å². The van der Waals surface area contributed by atoms with Crippen molar-refractivity contribution in [3.63, 3.8) is 0 Å². The van der Waals surface area contributed by atoms with Crippen LogP contribution in [0.4, 0.5) is 0 Å². The molecule has 4 aromatic rings. The zero-order valence-electron chi connectivity index (χ0n) is 15.0. The minimum Gasteiger partial charge on any atom is -0.508 e. The summed E-state index contributed by atoms with van der Waals surface area (Å²) in [6.07, 6.45) is 1.52. The molecule has 0 atom stereocenters. The summed E-state index contributed by atoms with van der Waals surface area (Å²) < 4.78 is 6.85. The number of ether oxygens (including phenoxy) is 1. The first kappa shape index (κ1) is 17.5. The molecule has 0 bridgehead atoms. The van der Waals surface area contributed by atoms with Crippen LogP contribution in [-0.2, 0) is 6.54 Å². The first-order chi connectivity index (χ1) is 13.5. The van der Waals surface area contributed by atoms with Gasteiger partial charge in [-0.3, -0.25) is 0 Å². The van der Waals surface area contributed by atoms with E-state index in [-0.39, 0.29) is 11.3 Å². The fourth-order valence-corrected chi connectivity index (χ4v) is 3.02. The van der Waals surface area contributed by atoms with Crippen LogP contribution < -0.4 is 4.74 Å². The molecule has 0 saturated carbocycles. The van der Waals surface area contributed by atoms with E-state index in [0.717, 1.165) is 11.3 Å². The summed E-state index contributed by atoms with van der Waals surface area (Å²) in [5, 5.41) is 23.9. The zero-order valence-corrected chi connectivity index (χ0v) is 15.0.